The Morgan fingerprint density at radius 3 is 2.27 bits per heavy atom. The lowest BCUT2D eigenvalue weighted by atomic mass is 10.0. The van der Waals surface area contributed by atoms with E-state index in [-0.39, 0.29) is 11.7 Å². The van der Waals surface area contributed by atoms with Crippen molar-refractivity contribution in [3.05, 3.63) is 71.0 Å². The zero-order valence-electron chi connectivity index (χ0n) is 15.1. The molecular formula is C21H22N2O3. The van der Waals surface area contributed by atoms with Crippen LogP contribution in [-0.4, -0.2) is 11.8 Å². The number of carbonyl (C=O) groups excluding carboxylic acids is 2. The van der Waals surface area contributed by atoms with Crippen LogP contribution in [0.25, 0.3) is 11.0 Å². The van der Waals surface area contributed by atoms with Gasteiger partial charge in [-0.1, -0.05) is 44.2 Å². The third kappa shape index (κ3) is 3.77. The maximum atomic E-state index is 12.3. The first-order chi connectivity index (χ1) is 12.5. The highest BCUT2D eigenvalue weighted by molar-refractivity contribution is 6.01. The minimum atomic E-state index is -0.483. The summed E-state index contributed by atoms with van der Waals surface area (Å²) >= 11 is 0. The number of aryl methyl sites for hydroxylation is 1. The Kier molecular flexibility index (Phi) is 5.07. The molecule has 1 heterocycles. The van der Waals surface area contributed by atoms with Crippen LogP contribution in [-0.2, 0) is 6.42 Å². The summed E-state index contributed by atoms with van der Waals surface area (Å²) in [6.07, 6.45) is 0.962. The first-order valence-electron chi connectivity index (χ1n) is 8.63. The highest BCUT2D eigenvalue weighted by Gasteiger charge is 2.18. The van der Waals surface area contributed by atoms with E-state index in [1.54, 1.807) is 18.2 Å². The van der Waals surface area contributed by atoms with Crippen LogP contribution in [0.15, 0.2) is 52.9 Å². The number of rotatable bonds is 4. The van der Waals surface area contributed by atoms with Crippen LogP contribution in [0.3, 0.4) is 0 Å². The second-order valence-corrected chi connectivity index (χ2v) is 6.76. The fourth-order valence-electron chi connectivity index (χ4n) is 2.90. The molecule has 0 saturated heterocycles. The lowest BCUT2D eigenvalue weighted by Gasteiger charge is -2.08. The number of fused-ring (bicyclic) bond motifs is 1. The number of carbonyl (C=O) groups is 2. The number of hydrogen-bond acceptors (Lipinski definition) is 3. The Hall–Kier alpha value is -3.08. The fourth-order valence-corrected chi connectivity index (χ4v) is 2.90. The van der Waals surface area contributed by atoms with Crippen molar-refractivity contribution < 1.29 is 14.0 Å². The van der Waals surface area contributed by atoms with E-state index in [1.807, 2.05) is 37.3 Å². The summed E-state index contributed by atoms with van der Waals surface area (Å²) < 4.78 is 5.59. The summed E-state index contributed by atoms with van der Waals surface area (Å²) in [6.45, 7) is 6.11. The maximum absolute atomic E-state index is 12.3. The Bertz CT molecular complexity index is 940. The molecule has 0 spiro atoms. The molecule has 0 aliphatic heterocycles. The van der Waals surface area contributed by atoms with Crippen molar-refractivity contribution in [3.8, 4) is 0 Å². The SMILES string of the molecule is Cc1c(C(=O)NNC(=O)c2ccc(CC(C)C)cc2)oc2ccccc12. The van der Waals surface area contributed by atoms with Gasteiger partial charge in [0.05, 0.1) is 0 Å². The third-order valence-electron chi connectivity index (χ3n) is 4.20. The minimum absolute atomic E-state index is 0.193. The molecule has 0 atom stereocenters. The van der Waals surface area contributed by atoms with Crippen molar-refractivity contribution in [2.45, 2.75) is 27.2 Å². The van der Waals surface area contributed by atoms with E-state index in [1.165, 1.54) is 5.56 Å². The Balaban J connectivity index is 1.65. The first-order valence-corrected chi connectivity index (χ1v) is 8.63. The summed E-state index contributed by atoms with van der Waals surface area (Å²) in [6, 6.07) is 14.8. The van der Waals surface area contributed by atoms with Gasteiger partial charge in [0.15, 0.2) is 5.76 Å². The fraction of sp³-hybridized carbons (Fsp3) is 0.238. The van der Waals surface area contributed by atoms with Crippen molar-refractivity contribution in [1.29, 1.82) is 0 Å². The number of nitrogens with one attached hydrogen (secondary N) is 2. The summed E-state index contributed by atoms with van der Waals surface area (Å²) in [5.41, 5.74) is 7.89. The Morgan fingerprint density at radius 1 is 0.962 bits per heavy atom. The summed E-state index contributed by atoms with van der Waals surface area (Å²) in [4.78, 5) is 24.5. The van der Waals surface area contributed by atoms with Gasteiger partial charge in [0.2, 0.25) is 0 Å². The van der Waals surface area contributed by atoms with Crippen LogP contribution in [0.2, 0.25) is 0 Å². The lowest BCUT2D eigenvalue weighted by molar-refractivity contribution is 0.0831. The van der Waals surface area contributed by atoms with Gasteiger partial charge >= 0.3 is 5.91 Å². The zero-order chi connectivity index (χ0) is 18.7. The van der Waals surface area contributed by atoms with Crippen LogP contribution >= 0.6 is 0 Å². The topological polar surface area (TPSA) is 71.3 Å². The van der Waals surface area contributed by atoms with Crippen molar-refractivity contribution >= 4 is 22.8 Å². The number of para-hydroxylation sites is 1. The van der Waals surface area contributed by atoms with Crippen molar-refractivity contribution in [2.75, 3.05) is 0 Å². The van der Waals surface area contributed by atoms with Gasteiger partial charge in [0, 0.05) is 16.5 Å². The van der Waals surface area contributed by atoms with Crippen molar-refractivity contribution in [3.63, 3.8) is 0 Å². The molecule has 0 aliphatic rings. The number of hydrazine groups is 1. The molecule has 0 radical (unpaired) electrons. The second-order valence-electron chi connectivity index (χ2n) is 6.76. The molecule has 26 heavy (non-hydrogen) atoms. The predicted molar refractivity (Wildman–Crippen MR) is 101 cm³/mol. The van der Waals surface area contributed by atoms with E-state index < -0.39 is 5.91 Å². The highest BCUT2D eigenvalue weighted by atomic mass is 16.3. The number of hydrogen-bond donors (Lipinski definition) is 2. The molecule has 3 rings (SSSR count). The van der Waals surface area contributed by atoms with Gasteiger partial charge in [0.25, 0.3) is 5.91 Å². The van der Waals surface area contributed by atoms with E-state index in [2.05, 4.69) is 24.7 Å². The van der Waals surface area contributed by atoms with Crippen LogP contribution in [0, 0.1) is 12.8 Å². The standard InChI is InChI=1S/C21H22N2O3/c1-13(2)12-15-8-10-16(11-9-15)20(24)22-23-21(25)19-14(3)17-6-4-5-7-18(17)26-19/h4-11,13H,12H2,1-3H3,(H,22,24)(H,23,25). The normalized spacial score (nSPS) is 10.9. The monoisotopic (exact) mass is 350 g/mol. The molecule has 2 N–H and O–H groups in total. The molecule has 2 aromatic carbocycles. The highest BCUT2D eigenvalue weighted by Crippen LogP contribution is 2.24. The molecular weight excluding hydrogens is 328 g/mol. The molecule has 5 nitrogen and oxygen atoms in total. The van der Waals surface area contributed by atoms with Gasteiger partial charge < -0.3 is 4.42 Å². The van der Waals surface area contributed by atoms with E-state index in [4.69, 9.17) is 4.42 Å². The van der Waals surface area contributed by atoms with Gasteiger partial charge in [-0.2, -0.15) is 0 Å². The van der Waals surface area contributed by atoms with E-state index >= 15 is 0 Å². The Morgan fingerprint density at radius 2 is 1.62 bits per heavy atom. The summed E-state index contributed by atoms with van der Waals surface area (Å²) in [5, 5.41) is 0.879. The largest absolute Gasteiger partial charge is 0.451 e. The zero-order valence-corrected chi connectivity index (χ0v) is 15.1. The second kappa shape index (κ2) is 7.44. The van der Waals surface area contributed by atoms with Gasteiger partial charge in [-0.25, -0.2) is 0 Å². The number of furan rings is 1. The maximum Gasteiger partial charge on any atom is 0.305 e. The smallest absolute Gasteiger partial charge is 0.305 e. The molecule has 134 valence electrons. The van der Waals surface area contributed by atoms with Crippen LogP contribution in [0.1, 0.15) is 45.9 Å². The molecule has 3 aromatic rings. The molecule has 0 unspecified atom stereocenters. The predicted octanol–water partition coefficient (Wildman–Crippen LogP) is 4.01. The Labute approximate surface area is 152 Å². The van der Waals surface area contributed by atoms with E-state index in [9.17, 15) is 9.59 Å². The van der Waals surface area contributed by atoms with Crippen LogP contribution in [0.4, 0.5) is 0 Å². The minimum Gasteiger partial charge on any atom is -0.451 e. The molecule has 0 aliphatic carbocycles. The van der Waals surface area contributed by atoms with Crippen molar-refractivity contribution in [1.82, 2.24) is 10.9 Å². The third-order valence-corrected chi connectivity index (χ3v) is 4.20. The van der Waals surface area contributed by atoms with Crippen LogP contribution in [0.5, 0.6) is 0 Å². The van der Waals surface area contributed by atoms with Gasteiger partial charge in [0.1, 0.15) is 5.58 Å². The van der Waals surface area contributed by atoms with E-state index in [0.29, 0.717) is 17.1 Å². The lowest BCUT2D eigenvalue weighted by Crippen LogP contribution is -2.41. The molecule has 0 saturated carbocycles. The molecule has 0 bridgehead atoms. The average Bonchev–Trinajstić information content (AvgIpc) is 2.97. The van der Waals surface area contributed by atoms with Gasteiger partial charge in [-0.3, -0.25) is 20.4 Å². The molecule has 0 fully saturated rings. The van der Waals surface area contributed by atoms with Crippen molar-refractivity contribution in [2.24, 2.45) is 5.92 Å². The number of amides is 2. The van der Waals surface area contributed by atoms with Gasteiger partial charge in [-0.15, -0.1) is 0 Å². The molecule has 1 aromatic heterocycles. The first kappa shape index (κ1) is 17.7. The summed E-state index contributed by atoms with van der Waals surface area (Å²) in [7, 11) is 0. The van der Waals surface area contributed by atoms with Crippen LogP contribution < -0.4 is 10.9 Å². The quantitative estimate of drug-likeness (QED) is 0.698. The average molecular weight is 350 g/mol. The molecule has 5 heteroatoms. The summed E-state index contributed by atoms with van der Waals surface area (Å²) in [5.74, 6) is -0.105. The van der Waals surface area contributed by atoms with E-state index in [0.717, 1.165) is 17.4 Å². The van der Waals surface area contributed by atoms with Gasteiger partial charge in [-0.05, 0) is 43.0 Å². The molecule has 2 amide bonds. The number of benzene rings is 2.